The summed E-state index contributed by atoms with van der Waals surface area (Å²) < 4.78 is 38.6. The second-order valence-corrected chi connectivity index (χ2v) is 9.76. The van der Waals surface area contributed by atoms with Crippen LogP contribution in [0.1, 0.15) is 43.9 Å². The van der Waals surface area contributed by atoms with Gasteiger partial charge < -0.3 is 9.47 Å². The van der Waals surface area contributed by atoms with Crippen LogP contribution in [0.25, 0.3) is 0 Å². The third kappa shape index (κ3) is 3.76. The Morgan fingerprint density at radius 2 is 1.57 bits per heavy atom. The van der Waals surface area contributed by atoms with E-state index in [2.05, 4.69) is 20.8 Å². The van der Waals surface area contributed by atoms with Crippen LogP contribution in [0.15, 0.2) is 41.3 Å². The molecule has 3 rings (SSSR count). The van der Waals surface area contributed by atoms with Gasteiger partial charge in [0.1, 0.15) is 0 Å². The molecule has 0 aliphatic carbocycles. The van der Waals surface area contributed by atoms with Gasteiger partial charge in [0.2, 0.25) is 10.0 Å². The first kappa shape index (κ1) is 20.7. The van der Waals surface area contributed by atoms with Crippen molar-refractivity contribution in [1.29, 1.82) is 0 Å². The van der Waals surface area contributed by atoms with Gasteiger partial charge in [0.15, 0.2) is 11.5 Å². The number of fused-ring (bicyclic) bond motifs is 1. The van der Waals surface area contributed by atoms with E-state index in [9.17, 15) is 8.42 Å². The molecule has 2 aromatic rings. The number of benzene rings is 2. The Morgan fingerprint density at radius 3 is 2.11 bits per heavy atom. The monoisotopic (exact) mass is 403 g/mol. The zero-order chi connectivity index (χ0) is 20.5. The van der Waals surface area contributed by atoms with E-state index in [1.165, 1.54) is 0 Å². The van der Waals surface area contributed by atoms with Crippen LogP contribution in [0.5, 0.6) is 11.5 Å². The average molecular weight is 404 g/mol. The lowest BCUT2D eigenvalue weighted by Gasteiger charge is -2.29. The van der Waals surface area contributed by atoms with Crippen LogP contribution >= 0.6 is 0 Å². The summed E-state index contributed by atoms with van der Waals surface area (Å²) in [5.74, 6) is 1.29. The van der Waals surface area contributed by atoms with E-state index in [0.29, 0.717) is 35.9 Å². The number of nitrogens with zero attached hydrogens (tertiary/aromatic N) is 1. The first-order chi connectivity index (χ1) is 13.2. The second-order valence-electron chi connectivity index (χ2n) is 7.83. The van der Waals surface area contributed by atoms with Crippen LogP contribution in [0.2, 0.25) is 0 Å². The predicted molar refractivity (Wildman–Crippen MR) is 111 cm³/mol. The van der Waals surface area contributed by atoms with Crippen LogP contribution in [0.4, 0.5) is 0 Å². The molecule has 0 N–H and O–H groups in total. The third-order valence-electron chi connectivity index (χ3n) is 5.84. The Labute approximate surface area is 168 Å². The van der Waals surface area contributed by atoms with E-state index in [1.54, 1.807) is 30.7 Å². The fourth-order valence-corrected chi connectivity index (χ4v) is 4.91. The van der Waals surface area contributed by atoms with Crippen LogP contribution in [-0.4, -0.2) is 33.5 Å². The molecule has 28 heavy (non-hydrogen) atoms. The summed E-state index contributed by atoms with van der Waals surface area (Å²) in [4.78, 5) is 0.340. The highest BCUT2D eigenvalue weighted by Gasteiger charge is 2.30. The van der Waals surface area contributed by atoms with Gasteiger partial charge in [0.05, 0.1) is 19.1 Å². The molecule has 0 fully saturated rings. The molecule has 0 unspecified atom stereocenters. The van der Waals surface area contributed by atoms with Crippen molar-refractivity contribution in [1.82, 2.24) is 4.31 Å². The van der Waals surface area contributed by atoms with E-state index in [-0.39, 0.29) is 5.41 Å². The summed E-state index contributed by atoms with van der Waals surface area (Å²) in [5, 5.41) is 0. The van der Waals surface area contributed by atoms with Crippen molar-refractivity contribution in [3.8, 4) is 11.5 Å². The molecule has 2 aromatic carbocycles. The molecule has 0 saturated carbocycles. The first-order valence-electron chi connectivity index (χ1n) is 9.57. The lowest BCUT2D eigenvalue weighted by Crippen LogP contribution is -2.36. The Bertz CT molecular complexity index is 949. The molecule has 1 heterocycles. The molecule has 0 bridgehead atoms. The zero-order valence-corrected chi connectivity index (χ0v) is 18.1. The maximum atomic E-state index is 13.2. The lowest BCUT2D eigenvalue weighted by atomic mass is 9.82. The highest BCUT2D eigenvalue weighted by molar-refractivity contribution is 7.89. The van der Waals surface area contributed by atoms with Crippen molar-refractivity contribution in [2.45, 2.75) is 50.5 Å². The molecular formula is C22H29NO4S. The van der Waals surface area contributed by atoms with Gasteiger partial charge in [-0.25, -0.2) is 8.42 Å². The second kappa shape index (κ2) is 7.76. The summed E-state index contributed by atoms with van der Waals surface area (Å²) in [6.07, 6.45) is 1.64. The van der Waals surface area contributed by atoms with E-state index in [1.807, 2.05) is 24.3 Å². The van der Waals surface area contributed by atoms with Gasteiger partial charge in [-0.3, -0.25) is 0 Å². The van der Waals surface area contributed by atoms with Crippen LogP contribution < -0.4 is 9.47 Å². The summed E-state index contributed by atoms with van der Waals surface area (Å²) in [7, 11) is -0.359. The van der Waals surface area contributed by atoms with Crippen LogP contribution in [0, 0.1) is 0 Å². The lowest BCUT2D eigenvalue weighted by molar-refractivity contribution is 0.348. The van der Waals surface area contributed by atoms with Gasteiger partial charge >= 0.3 is 0 Å². The number of sulfonamides is 1. The summed E-state index contributed by atoms with van der Waals surface area (Å²) in [5.41, 5.74) is 3.23. The van der Waals surface area contributed by atoms with Crippen molar-refractivity contribution in [3.05, 3.63) is 53.1 Å². The Kier molecular flexibility index (Phi) is 5.73. The average Bonchev–Trinajstić information content (AvgIpc) is 2.72. The number of ether oxygens (including phenoxy) is 2. The minimum atomic E-state index is -3.55. The maximum Gasteiger partial charge on any atom is 0.243 e. The predicted octanol–water partition coefficient (Wildman–Crippen LogP) is 4.14. The van der Waals surface area contributed by atoms with Crippen molar-refractivity contribution in [2.75, 3.05) is 20.8 Å². The van der Waals surface area contributed by atoms with Crippen LogP contribution in [0.3, 0.4) is 0 Å². The fourth-order valence-electron chi connectivity index (χ4n) is 3.49. The summed E-state index contributed by atoms with van der Waals surface area (Å²) in [6, 6.07) is 11.1. The molecule has 0 atom stereocenters. The van der Waals surface area contributed by atoms with Gasteiger partial charge in [0.25, 0.3) is 0 Å². The van der Waals surface area contributed by atoms with Gasteiger partial charge in [-0.05, 0) is 59.2 Å². The molecule has 1 aliphatic rings. The van der Waals surface area contributed by atoms with E-state index < -0.39 is 10.0 Å². The third-order valence-corrected chi connectivity index (χ3v) is 7.70. The highest BCUT2D eigenvalue weighted by Crippen LogP contribution is 2.35. The van der Waals surface area contributed by atoms with Crippen molar-refractivity contribution in [3.63, 3.8) is 0 Å². The molecule has 0 spiro atoms. The van der Waals surface area contributed by atoms with E-state index in [4.69, 9.17) is 9.47 Å². The quantitative estimate of drug-likeness (QED) is 0.727. The number of rotatable bonds is 6. The minimum absolute atomic E-state index is 0.0297. The Morgan fingerprint density at radius 1 is 1.00 bits per heavy atom. The first-order valence-corrected chi connectivity index (χ1v) is 11.0. The Balaban J connectivity index is 1.88. The van der Waals surface area contributed by atoms with Gasteiger partial charge in [0, 0.05) is 13.1 Å². The minimum Gasteiger partial charge on any atom is -0.493 e. The van der Waals surface area contributed by atoms with Gasteiger partial charge in [-0.1, -0.05) is 32.9 Å². The van der Waals surface area contributed by atoms with Gasteiger partial charge in [-0.15, -0.1) is 0 Å². The molecule has 0 radical (unpaired) electrons. The number of hydrogen-bond acceptors (Lipinski definition) is 4. The topological polar surface area (TPSA) is 55.8 Å². The summed E-state index contributed by atoms with van der Waals surface area (Å²) >= 11 is 0. The van der Waals surface area contributed by atoms with Crippen molar-refractivity contribution >= 4 is 10.0 Å². The highest BCUT2D eigenvalue weighted by atomic mass is 32.2. The molecule has 1 aliphatic heterocycles. The molecule has 0 saturated heterocycles. The van der Waals surface area contributed by atoms with Crippen molar-refractivity contribution in [2.24, 2.45) is 0 Å². The molecule has 0 aromatic heterocycles. The molecule has 152 valence electrons. The normalized spacial score (nSPS) is 15.2. The van der Waals surface area contributed by atoms with E-state index >= 15 is 0 Å². The summed E-state index contributed by atoms with van der Waals surface area (Å²) in [6.45, 7) is 7.26. The molecular weight excluding hydrogens is 374 g/mol. The Hall–Kier alpha value is -2.05. The smallest absolute Gasteiger partial charge is 0.243 e. The largest absolute Gasteiger partial charge is 0.493 e. The van der Waals surface area contributed by atoms with E-state index in [0.717, 1.165) is 23.1 Å². The molecule has 0 amide bonds. The molecule has 6 heteroatoms. The number of methoxy groups -OCH3 is 2. The fraction of sp³-hybridized carbons (Fsp3) is 0.455. The standard InChI is InChI=1S/C22H29NO4S/c1-6-22(2,3)18-7-9-19(10-8-18)28(24,25)23-12-11-16-13-20(26-4)21(27-5)14-17(16)15-23/h7-10,13-14H,6,11-12,15H2,1-5H3. The number of hydrogen-bond donors (Lipinski definition) is 0. The van der Waals surface area contributed by atoms with Gasteiger partial charge in [-0.2, -0.15) is 4.31 Å². The SMILES string of the molecule is CCC(C)(C)c1ccc(S(=O)(=O)N2CCc3cc(OC)c(OC)cc3C2)cc1. The molecule has 5 nitrogen and oxygen atoms in total. The van der Waals surface area contributed by atoms with Crippen LogP contribution in [-0.2, 0) is 28.4 Å². The zero-order valence-electron chi connectivity index (χ0n) is 17.3. The van der Waals surface area contributed by atoms with Crippen molar-refractivity contribution < 1.29 is 17.9 Å². The maximum absolute atomic E-state index is 13.2.